The van der Waals surface area contributed by atoms with Crippen molar-refractivity contribution < 1.29 is 9.90 Å². The van der Waals surface area contributed by atoms with E-state index in [0.717, 1.165) is 12.8 Å². The molecule has 0 rings (SSSR count). The maximum atomic E-state index is 11.6. The van der Waals surface area contributed by atoms with Gasteiger partial charge in [0.1, 0.15) is 0 Å². The lowest BCUT2D eigenvalue weighted by atomic mass is 9.88. The summed E-state index contributed by atoms with van der Waals surface area (Å²) in [6, 6.07) is 0.0191. The molecule has 0 spiro atoms. The highest BCUT2D eigenvalue weighted by Crippen LogP contribution is 2.20. The molecule has 0 saturated heterocycles. The first-order chi connectivity index (χ1) is 8.08. The minimum atomic E-state index is -0.112. The fraction of sp³-hybridized carbons (Fsp3) is 0.929. The summed E-state index contributed by atoms with van der Waals surface area (Å²) in [5.41, 5.74) is 0.00702. The Kier molecular flexibility index (Phi) is 6.68. The first kappa shape index (κ1) is 17.2. The Morgan fingerprint density at radius 3 is 2.22 bits per heavy atom. The van der Waals surface area contributed by atoms with Gasteiger partial charge in [-0.2, -0.15) is 0 Å². The van der Waals surface area contributed by atoms with E-state index in [1.165, 1.54) is 0 Å². The minimum absolute atomic E-state index is 0.0587. The van der Waals surface area contributed by atoms with E-state index >= 15 is 0 Å². The van der Waals surface area contributed by atoms with Crippen LogP contribution in [0.3, 0.4) is 0 Å². The van der Waals surface area contributed by atoms with Gasteiger partial charge < -0.3 is 15.7 Å². The van der Waals surface area contributed by atoms with Gasteiger partial charge in [0, 0.05) is 19.2 Å². The monoisotopic (exact) mass is 258 g/mol. The van der Waals surface area contributed by atoms with Crippen LogP contribution < -0.4 is 10.6 Å². The first-order valence-electron chi connectivity index (χ1n) is 6.74. The normalized spacial score (nSPS) is 14.2. The van der Waals surface area contributed by atoms with Crippen molar-refractivity contribution in [2.45, 2.75) is 60.4 Å². The number of rotatable bonds is 6. The van der Waals surface area contributed by atoms with E-state index in [1.54, 1.807) is 0 Å². The smallest absolute Gasteiger partial charge is 0.315 e. The second-order valence-corrected chi connectivity index (χ2v) is 6.91. The number of hydrogen-bond acceptors (Lipinski definition) is 2. The summed E-state index contributed by atoms with van der Waals surface area (Å²) in [6.45, 7) is 13.2. The third-order valence-corrected chi connectivity index (χ3v) is 3.39. The van der Waals surface area contributed by atoms with Gasteiger partial charge in [-0.3, -0.25) is 0 Å². The number of aliphatic hydroxyl groups excluding tert-OH is 1. The lowest BCUT2D eigenvalue weighted by Gasteiger charge is -2.28. The molecular weight excluding hydrogens is 228 g/mol. The number of amides is 2. The molecule has 108 valence electrons. The van der Waals surface area contributed by atoms with Gasteiger partial charge in [0.15, 0.2) is 0 Å². The molecular formula is C14H30N2O2. The van der Waals surface area contributed by atoms with E-state index in [4.69, 9.17) is 5.11 Å². The number of aliphatic hydroxyl groups is 1. The Hall–Kier alpha value is -0.770. The Morgan fingerprint density at radius 2 is 1.78 bits per heavy atom. The Bertz CT molecular complexity index is 257. The van der Waals surface area contributed by atoms with Crippen molar-refractivity contribution in [2.75, 3.05) is 13.2 Å². The summed E-state index contributed by atoms with van der Waals surface area (Å²) < 4.78 is 0. The molecule has 3 N–H and O–H groups in total. The number of carbonyl (C=O) groups is 1. The predicted octanol–water partition coefficient (Wildman–Crippen LogP) is 2.52. The molecule has 0 aliphatic carbocycles. The highest BCUT2D eigenvalue weighted by molar-refractivity contribution is 5.74. The van der Waals surface area contributed by atoms with Crippen LogP contribution in [0.5, 0.6) is 0 Å². The number of nitrogens with one attached hydrogen (secondary N) is 2. The van der Waals surface area contributed by atoms with E-state index in [9.17, 15) is 4.79 Å². The SMILES string of the molecule is CC(NC(=O)NCCCC(C)(C)CO)C(C)(C)C. The predicted molar refractivity (Wildman–Crippen MR) is 75.6 cm³/mol. The third-order valence-electron chi connectivity index (χ3n) is 3.39. The van der Waals surface area contributed by atoms with Gasteiger partial charge in [-0.05, 0) is 30.6 Å². The Morgan fingerprint density at radius 1 is 1.22 bits per heavy atom. The largest absolute Gasteiger partial charge is 0.396 e. The Balaban J connectivity index is 3.79. The average Bonchev–Trinajstić information content (AvgIpc) is 2.23. The topological polar surface area (TPSA) is 61.4 Å². The van der Waals surface area contributed by atoms with Gasteiger partial charge in [-0.1, -0.05) is 34.6 Å². The number of urea groups is 1. The van der Waals surface area contributed by atoms with Crippen molar-refractivity contribution in [1.29, 1.82) is 0 Å². The van der Waals surface area contributed by atoms with Crippen LogP contribution in [0.1, 0.15) is 54.4 Å². The van der Waals surface area contributed by atoms with E-state index in [2.05, 4.69) is 31.4 Å². The molecule has 1 atom stereocenters. The first-order valence-corrected chi connectivity index (χ1v) is 6.74. The van der Waals surface area contributed by atoms with Crippen molar-refractivity contribution >= 4 is 6.03 Å². The molecule has 0 fully saturated rings. The zero-order chi connectivity index (χ0) is 14.4. The number of hydrogen-bond donors (Lipinski definition) is 3. The fourth-order valence-electron chi connectivity index (χ4n) is 1.31. The lowest BCUT2D eigenvalue weighted by molar-refractivity contribution is 0.148. The molecule has 0 aromatic heterocycles. The van der Waals surface area contributed by atoms with Gasteiger partial charge in [-0.25, -0.2) is 4.79 Å². The summed E-state index contributed by atoms with van der Waals surface area (Å²) in [6.07, 6.45) is 1.78. The summed E-state index contributed by atoms with van der Waals surface area (Å²) >= 11 is 0. The van der Waals surface area contributed by atoms with Crippen LogP contribution >= 0.6 is 0 Å². The fourth-order valence-corrected chi connectivity index (χ4v) is 1.31. The van der Waals surface area contributed by atoms with Gasteiger partial charge in [0.05, 0.1) is 0 Å². The summed E-state index contributed by atoms with van der Waals surface area (Å²) in [5.74, 6) is 0. The maximum absolute atomic E-state index is 11.6. The zero-order valence-corrected chi connectivity index (χ0v) is 12.8. The van der Waals surface area contributed by atoms with Crippen LogP contribution in [0.15, 0.2) is 0 Å². The second kappa shape index (κ2) is 6.98. The van der Waals surface area contributed by atoms with Gasteiger partial charge >= 0.3 is 6.03 Å². The molecule has 0 radical (unpaired) electrons. The summed E-state index contributed by atoms with van der Waals surface area (Å²) in [7, 11) is 0. The molecule has 0 aliphatic heterocycles. The Labute approximate surface area is 112 Å². The van der Waals surface area contributed by atoms with Crippen LogP contribution in [-0.4, -0.2) is 30.3 Å². The number of carbonyl (C=O) groups excluding carboxylic acids is 1. The van der Waals surface area contributed by atoms with Crippen molar-refractivity contribution in [2.24, 2.45) is 10.8 Å². The molecule has 0 aromatic rings. The maximum Gasteiger partial charge on any atom is 0.315 e. The van der Waals surface area contributed by atoms with Crippen molar-refractivity contribution in [3.05, 3.63) is 0 Å². The highest BCUT2D eigenvalue weighted by atomic mass is 16.3. The van der Waals surface area contributed by atoms with E-state index in [0.29, 0.717) is 6.54 Å². The second-order valence-electron chi connectivity index (χ2n) is 6.91. The molecule has 0 aliphatic rings. The van der Waals surface area contributed by atoms with Crippen LogP contribution in [0.25, 0.3) is 0 Å². The zero-order valence-electron chi connectivity index (χ0n) is 12.8. The molecule has 0 heterocycles. The molecule has 4 heteroatoms. The van der Waals surface area contributed by atoms with Crippen LogP contribution in [-0.2, 0) is 0 Å². The average molecular weight is 258 g/mol. The van der Waals surface area contributed by atoms with Crippen LogP contribution in [0.4, 0.5) is 4.79 Å². The quantitative estimate of drug-likeness (QED) is 0.641. The third kappa shape index (κ3) is 7.54. The highest BCUT2D eigenvalue weighted by Gasteiger charge is 2.21. The van der Waals surface area contributed by atoms with Crippen molar-refractivity contribution in [3.63, 3.8) is 0 Å². The minimum Gasteiger partial charge on any atom is -0.396 e. The summed E-state index contributed by atoms with van der Waals surface area (Å²) in [4.78, 5) is 11.6. The lowest BCUT2D eigenvalue weighted by Crippen LogP contribution is -2.46. The molecule has 4 nitrogen and oxygen atoms in total. The summed E-state index contributed by atoms with van der Waals surface area (Å²) in [5, 5.41) is 14.9. The van der Waals surface area contributed by atoms with E-state index < -0.39 is 0 Å². The van der Waals surface area contributed by atoms with Crippen LogP contribution in [0.2, 0.25) is 0 Å². The standard InChI is InChI=1S/C14H30N2O2/c1-11(13(2,3)4)16-12(18)15-9-7-8-14(5,6)10-17/h11,17H,7-10H2,1-6H3,(H2,15,16,18). The van der Waals surface area contributed by atoms with E-state index in [1.807, 2.05) is 20.8 Å². The molecule has 0 aromatic carbocycles. The molecule has 0 saturated carbocycles. The van der Waals surface area contributed by atoms with Gasteiger partial charge in [-0.15, -0.1) is 0 Å². The van der Waals surface area contributed by atoms with Gasteiger partial charge in [0.2, 0.25) is 0 Å². The van der Waals surface area contributed by atoms with Gasteiger partial charge in [0.25, 0.3) is 0 Å². The van der Waals surface area contributed by atoms with Crippen LogP contribution in [0, 0.1) is 10.8 Å². The van der Waals surface area contributed by atoms with E-state index in [-0.39, 0.29) is 29.5 Å². The molecule has 18 heavy (non-hydrogen) atoms. The van der Waals surface area contributed by atoms with Crippen molar-refractivity contribution in [3.8, 4) is 0 Å². The van der Waals surface area contributed by atoms with Crippen molar-refractivity contribution in [1.82, 2.24) is 10.6 Å². The molecule has 1 unspecified atom stereocenters. The molecule has 2 amide bonds. The molecule has 0 bridgehead atoms.